The van der Waals surface area contributed by atoms with Crippen molar-refractivity contribution in [1.29, 1.82) is 0 Å². The molecule has 5 heterocycles. The number of carbonyl (C=O) groups excluding carboxylic acids is 2. The number of amides is 3. The van der Waals surface area contributed by atoms with Crippen LogP contribution in [0.4, 0.5) is 4.79 Å². The minimum atomic E-state index is -0.0401. The van der Waals surface area contributed by atoms with Crippen molar-refractivity contribution in [3.63, 3.8) is 0 Å². The topological polar surface area (TPSA) is 65.1 Å². The fourth-order valence-electron chi connectivity index (χ4n) is 4.69. The molecule has 0 radical (unpaired) electrons. The molecule has 5 rings (SSSR count). The Morgan fingerprint density at radius 2 is 2.04 bits per heavy atom. The van der Waals surface area contributed by atoms with Crippen molar-refractivity contribution >= 4 is 29.4 Å². The Balaban J connectivity index is 1.22. The second kappa shape index (κ2) is 7.50. The highest BCUT2D eigenvalue weighted by Gasteiger charge is 2.34. The number of carbonyl (C=O) groups is 2. The average Bonchev–Trinajstić information content (AvgIpc) is 3.30. The number of thiophene rings is 1. The van der Waals surface area contributed by atoms with Crippen LogP contribution in [0, 0.1) is 5.92 Å². The molecule has 0 aromatic carbocycles. The van der Waals surface area contributed by atoms with E-state index < -0.39 is 0 Å². The van der Waals surface area contributed by atoms with Crippen molar-refractivity contribution in [2.45, 2.75) is 25.4 Å². The van der Waals surface area contributed by atoms with Crippen molar-refractivity contribution in [2.75, 3.05) is 45.9 Å². The third-order valence-corrected chi connectivity index (χ3v) is 7.28. The monoisotopic (exact) mass is 402 g/mol. The largest absolute Gasteiger partial charge is 0.378 e. The minimum absolute atomic E-state index is 0.0401. The molecule has 7 nitrogen and oxygen atoms in total. The fourth-order valence-corrected chi connectivity index (χ4v) is 5.73. The van der Waals surface area contributed by atoms with Gasteiger partial charge in [0.1, 0.15) is 0 Å². The summed E-state index contributed by atoms with van der Waals surface area (Å²) in [5.41, 5.74) is 1.05. The van der Waals surface area contributed by atoms with Gasteiger partial charge in [0.2, 0.25) is 0 Å². The van der Waals surface area contributed by atoms with Crippen molar-refractivity contribution in [1.82, 2.24) is 20.0 Å². The van der Waals surface area contributed by atoms with E-state index in [-0.39, 0.29) is 18.0 Å². The van der Waals surface area contributed by atoms with E-state index in [2.05, 4.69) is 10.2 Å². The van der Waals surface area contributed by atoms with E-state index in [9.17, 15) is 9.59 Å². The first-order valence-corrected chi connectivity index (χ1v) is 10.9. The molecule has 8 heteroatoms. The van der Waals surface area contributed by atoms with E-state index >= 15 is 0 Å². The molecular formula is C20H26N4O3S. The summed E-state index contributed by atoms with van der Waals surface area (Å²) in [6.07, 6.45) is 6.14. The lowest BCUT2D eigenvalue weighted by Crippen LogP contribution is -2.50. The van der Waals surface area contributed by atoms with Crippen molar-refractivity contribution < 1.29 is 14.3 Å². The lowest BCUT2D eigenvalue weighted by molar-refractivity contribution is 0.0306. The molecule has 3 fully saturated rings. The predicted molar refractivity (Wildman–Crippen MR) is 107 cm³/mol. The molecular weight excluding hydrogens is 376 g/mol. The van der Waals surface area contributed by atoms with Gasteiger partial charge in [0, 0.05) is 43.3 Å². The molecule has 3 saturated heterocycles. The normalized spacial score (nSPS) is 28.9. The second-order valence-electron chi connectivity index (χ2n) is 8.14. The zero-order valence-corrected chi connectivity index (χ0v) is 16.7. The van der Waals surface area contributed by atoms with Crippen LogP contribution in [0.5, 0.6) is 0 Å². The third-order valence-electron chi connectivity index (χ3n) is 6.15. The van der Waals surface area contributed by atoms with E-state index in [0.717, 1.165) is 34.2 Å². The summed E-state index contributed by atoms with van der Waals surface area (Å²) in [5.74, 6) is 0.798. The summed E-state index contributed by atoms with van der Waals surface area (Å²) in [6.45, 7) is 6.32. The zero-order valence-electron chi connectivity index (χ0n) is 15.9. The average molecular weight is 403 g/mol. The van der Waals surface area contributed by atoms with Gasteiger partial charge in [-0.1, -0.05) is 0 Å². The van der Waals surface area contributed by atoms with Gasteiger partial charge < -0.3 is 19.9 Å². The van der Waals surface area contributed by atoms with Gasteiger partial charge in [-0.15, -0.1) is 11.3 Å². The van der Waals surface area contributed by atoms with Gasteiger partial charge >= 0.3 is 6.03 Å². The molecule has 4 aliphatic heterocycles. The maximum Gasteiger partial charge on any atom is 0.321 e. The maximum absolute atomic E-state index is 12.8. The second-order valence-corrected chi connectivity index (χ2v) is 9.23. The van der Waals surface area contributed by atoms with Gasteiger partial charge in [-0.2, -0.15) is 0 Å². The lowest BCUT2D eigenvalue weighted by Gasteiger charge is -2.32. The fraction of sp³-hybridized carbons (Fsp3) is 0.600. The van der Waals surface area contributed by atoms with Crippen LogP contribution < -0.4 is 5.32 Å². The molecule has 28 heavy (non-hydrogen) atoms. The predicted octanol–water partition coefficient (Wildman–Crippen LogP) is 1.81. The van der Waals surface area contributed by atoms with Crippen molar-refractivity contribution in [2.24, 2.45) is 5.92 Å². The summed E-state index contributed by atoms with van der Waals surface area (Å²) in [7, 11) is 0. The van der Waals surface area contributed by atoms with Gasteiger partial charge in [-0.25, -0.2) is 4.79 Å². The minimum Gasteiger partial charge on any atom is -0.378 e. The number of rotatable bonds is 2. The van der Waals surface area contributed by atoms with E-state index in [1.807, 2.05) is 23.2 Å². The van der Waals surface area contributed by atoms with E-state index in [1.54, 1.807) is 4.90 Å². The standard InChI is InChI=1S/C20H26N4O3S/c25-19(23-5-7-27-8-6-23)18-10-15-12-24(4-2-17(15)28-18)20(26)21-16-9-14-1-3-22(11-14)13-16/h2,4,10,14,16H,1,3,5-9,11-13H2,(H,21,26). The lowest BCUT2D eigenvalue weighted by atomic mass is 9.97. The Hall–Kier alpha value is -1.90. The molecule has 0 saturated carbocycles. The highest BCUT2D eigenvalue weighted by atomic mass is 32.1. The van der Waals surface area contributed by atoms with Crippen LogP contribution in [0.3, 0.4) is 0 Å². The first-order chi connectivity index (χ1) is 13.7. The summed E-state index contributed by atoms with van der Waals surface area (Å²) in [4.78, 5) is 33.3. The van der Waals surface area contributed by atoms with Crippen LogP contribution in [0.15, 0.2) is 12.3 Å². The van der Waals surface area contributed by atoms with Gasteiger partial charge in [0.15, 0.2) is 0 Å². The van der Waals surface area contributed by atoms with Crippen molar-refractivity contribution in [3.8, 4) is 0 Å². The number of nitrogens with one attached hydrogen (secondary N) is 1. The molecule has 1 aromatic heterocycles. The quantitative estimate of drug-likeness (QED) is 0.820. The molecule has 3 unspecified atom stereocenters. The number of urea groups is 1. The molecule has 0 aliphatic carbocycles. The van der Waals surface area contributed by atoms with Gasteiger partial charge in [-0.3, -0.25) is 9.69 Å². The van der Waals surface area contributed by atoms with Gasteiger partial charge in [0.25, 0.3) is 5.91 Å². The number of fused-ring (bicyclic) bond motifs is 3. The van der Waals surface area contributed by atoms with Crippen LogP contribution in [0.1, 0.15) is 33.0 Å². The number of ether oxygens (including phenoxy) is 1. The first-order valence-electron chi connectivity index (χ1n) is 10.1. The summed E-state index contributed by atoms with van der Waals surface area (Å²) in [6, 6.07) is 2.15. The molecule has 4 aliphatic rings. The number of hydrogen-bond donors (Lipinski definition) is 1. The third kappa shape index (κ3) is 3.56. The number of morpholine rings is 1. The van der Waals surface area contributed by atoms with Crippen LogP contribution >= 0.6 is 11.3 Å². The van der Waals surface area contributed by atoms with Crippen LogP contribution in [-0.2, 0) is 11.3 Å². The molecule has 1 N–H and O–H groups in total. The van der Waals surface area contributed by atoms with E-state index in [4.69, 9.17) is 4.74 Å². The zero-order chi connectivity index (χ0) is 19.1. The number of nitrogens with zero attached hydrogens (tertiary/aromatic N) is 3. The van der Waals surface area contributed by atoms with E-state index in [1.165, 1.54) is 30.8 Å². The van der Waals surface area contributed by atoms with Gasteiger partial charge in [-0.05, 0) is 43.0 Å². The molecule has 3 atom stereocenters. The summed E-state index contributed by atoms with van der Waals surface area (Å²) < 4.78 is 5.33. The van der Waals surface area contributed by atoms with Crippen LogP contribution in [0.25, 0.3) is 6.08 Å². The van der Waals surface area contributed by atoms with Crippen molar-refractivity contribution in [3.05, 3.63) is 27.6 Å². The number of piperidine rings is 1. The maximum atomic E-state index is 12.8. The Bertz CT molecular complexity index is 789. The Labute approximate surface area is 168 Å². The smallest absolute Gasteiger partial charge is 0.321 e. The Morgan fingerprint density at radius 1 is 1.18 bits per heavy atom. The van der Waals surface area contributed by atoms with E-state index in [0.29, 0.717) is 32.8 Å². The Kier molecular flexibility index (Phi) is 4.86. The van der Waals surface area contributed by atoms with Crippen LogP contribution in [-0.4, -0.2) is 78.6 Å². The molecule has 3 amide bonds. The van der Waals surface area contributed by atoms with Crippen LogP contribution in [0.2, 0.25) is 0 Å². The summed E-state index contributed by atoms with van der Waals surface area (Å²) >= 11 is 1.51. The molecule has 2 bridgehead atoms. The van der Waals surface area contributed by atoms with Gasteiger partial charge in [0.05, 0.1) is 24.6 Å². The highest BCUT2D eigenvalue weighted by molar-refractivity contribution is 7.15. The molecule has 150 valence electrons. The number of hydrogen-bond acceptors (Lipinski definition) is 5. The SMILES string of the molecule is O=C(NC1CC2CCN(C2)C1)N1C=Cc2sc(C(=O)N3CCOCC3)cc2C1. The highest BCUT2D eigenvalue weighted by Crippen LogP contribution is 2.30. The molecule has 0 spiro atoms. The Morgan fingerprint density at radius 3 is 2.86 bits per heavy atom. The summed E-state index contributed by atoms with van der Waals surface area (Å²) in [5, 5.41) is 3.21. The first kappa shape index (κ1) is 18.1. The molecule has 1 aromatic rings.